The highest BCUT2D eigenvalue weighted by Gasteiger charge is 2.21. The molecule has 2 unspecified atom stereocenters. The molecule has 0 aliphatic carbocycles. The second-order valence-electron chi connectivity index (χ2n) is 4.75. The maximum atomic E-state index is 4.45. The molecule has 2 rings (SSSR count). The van der Waals surface area contributed by atoms with Gasteiger partial charge in [-0.3, -0.25) is 4.98 Å². The Labute approximate surface area is 117 Å². The number of benzene rings is 1. The molecular weight excluding hydrogens is 286 g/mol. The van der Waals surface area contributed by atoms with E-state index in [-0.39, 0.29) is 0 Å². The molecule has 0 aliphatic rings. The summed E-state index contributed by atoms with van der Waals surface area (Å²) in [5.74, 6) is 0.353. The smallest absolute Gasteiger partial charge is 0.0481 e. The van der Waals surface area contributed by atoms with Crippen LogP contribution in [0.3, 0.4) is 0 Å². The SMILES string of the molecule is Cc1cccc(C)c1C(Br)C(C)c1ccccn1. The molecule has 1 aromatic carbocycles. The second-order valence-corrected chi connectivity index (χ2v) is 5.74. The van der Waals surface area contributed by atoms with Crippen molar-refractivity contribution in [2.24, 2.45) is 0 Å². The molecule has 0 radical (unpaired) electrons. The first kappa shape index (κ1) is 13.3. The van der Waals surface area contributed by atoms with E-state index in [4.69, 9.17) is 0 Å². The minimum atomic E-state index is 0.300. The Kier molecular flexibility index (Phi) is 4.18. The first-order valence-electron chi connectivity index (χ1n) is 6.22. The van der Waals surface area contributed by atoms with Crippen LogP contribution in [-0.4, -0.2) is 4.98 Å². The fourth-order valence-electron chi connectivity index (χ4n) is 2.31. The van der Waals surface area contributed by atoms with E-state index in [1.807, 2.05) is 18.3 Å². The van der Waals surface area contributed by atoms with Gasteiger partial charge in [-0.2, -0.15) is 0 Å². The van der Waals surface area contributed by atoms with Crippen LogP contribution >= 0.6 is 15.9 Å². The molecule has 0 fully saturated rings. The van der Waals surface area contributed by atoms with Gasteiger partial charge in [-0.15, -0.1) is 0 Å². The monoisotopic (exact) mass is 303 g/mol. The zero-order valence-corrected chi connectivity index (χ0v) is 12.6. The van der Waals surface area contributed by atoms with Gasteiger partial charge in [0.2, 0.25) is 0 Å². The van der Waals surface area contributed by atoms with Crippen LogP contribution in [0.4, 0.5) is 0 Å². The van der Waals surface area contributed by atoms with Crippen molar-refractivity contribution >= 4 is 15.9 Å². The molecule has 1 nitrogen and oxygen atoms in total. The van der Waals surface area contributed by atoms with Crippen LogP contribution in [-0.2, 0) is 0 Å². The Balaban J connectivity index is 2.34. The van der Waals surface area contributed by atoms with Gasteiger partial charge in [0, 0.05) is 22.6 Å². The summed E-state index contributed by atoms with van der Waals surface area (Å²) in [6, 6.07) is 12.5. The molecule has 0 saturated heterocycles. The highest BCUT2D eigenvalue weighted by atomic mass is 79.9. The van der Waals surface area contributed by atoms with Gasteiger partial charge >= 0.3 is 0 Å². The number of halogens is 1. The largest absolute Gasteiger partial charge is 0.261 e. The van der Waals surface area contributed by atoms with Crippen LogP contribution in [0.1, 0.15) is 40.1 Å². The van der Waals surface area contributed by atoms with E-state index in [1.165, 1.54) is 16.7 Å². The molecule has 0 saturated carbocycles. The predicted octanol–water partition coefficient (Wildman–Crippen LogP) is 4.94. The van der Waals surface area contributed by atoms with Crippen LogP contribution in [0.25, 0.3) is 0 Å². The molecule has 2 heteroatoms. The number of pyridine rings is 1. The predicted molar refractivity (Wildman–Crippen MR) is 80.2 cm³/mol. The van der Waals surface area contributed by atoms with Gasteiger partial charge in [-0.25, -0.2) is 0 Å². The second kappa shape index (κ2) is 5.66. The van der Waals surface area contributed by atoms with Gasteiger partial charge in [-0.05, 0) is 42.7 Å². The van der Waals surface area contributed by atoms with Crippen molar-refractivity contribution in [3.8, 4) is 0 Å². The third-order valence-electron chi connectivity index (χ3n) is 3.41. The lowest BCUT2D eigenvalue weighted by atomic mass is 9.91. The molecule has 1 aromatic heterocycles. The minimum absolute atomic E-state index is 0.300. The first-order chi connectivity index (χ1) is 8.61. The normalized spacial score (nSPS) is 14.2. The Morgan fingerprint density at radius 1 is 1.00 bits per heavy atom. The molecule has 2 atom stereocenters. The van der Waals surface area contributed by atoms with E-state index < -0.39 is 0 Å². The van der Waals surface area contributed by atoms with Crippen LogP contribution in [0.15, 0.2) is 42.6 Å². The number of aryl methyl sites for hydroxylation is 2. The summed E-state index contributed by atoms with van der Waals surface area (Å²) in [6.45, 7) is 6.55. The van der Waals surface area contributed by atoms with Crippen molar-refractivity contribution in [1.82, 2.24) is 4.98 Å². The average molecular weight is 304 g/mol. The lowest BCUT2D eigenvalue weighted by Gasteiger charge is -2.22. The maximum absolute atomic E-state index is 4.45. The molecule has 94 valence electrons. The minimum Gasteiger partial charge on any atom is -0.261 e. The van der Waals surface area contributed by atoms with E-state index in [0.29, 0.717) is 10.7 Å². The molecule has 0 spiro atoms. The lowest BCUT2D eigenvalue weighted by molar-refractivity contribution is 0.718. The quantitative estimate of drug-likeness (QED) is 0.732. The van der Waals surface area contributed by atoms with E-state index in [1.54, 1.807) is 0 Å². The average Bonchev–Trinajstić information content (AvgIpc) is 2.38. The van der Waals surface area contributed by atoms with Crippen LogP contribution in [0, 0.1) is 13.8 Å². The summed E-state index contributed by atoms with van der Waals surface area (Å²) in [4.78, 5) is 4.75. The molecule has 18 heavy (non-hydrogen) atoms. The summed E-state index contributed by atoms with van der Waals surface area (Å²) >= 11 is 3.85. The topological polar surface area (TPSA) is 12.9 Å². The number of hydrogen-bond donors (Lipinski definition) is 0. The van der Waals surface area contributed by atoms with Gasteiger partial charge in [-0.1, -0.05) is 47.1 Å². The standard InChI is InChI=1S/C16H18BrN/c1-11-7-6-8-12(2)15(11)16(17)13(3)14-9-4-5-10-18-14/h4-10,13,16H,1-3H3. The highest BCUT2D eigenvalue weighted by molar-refractivity contribution is 9.09. The summed E-state index contributed by atoms with van der Waals surface area (Å²) in [5, 5.41) is 0. The molecule has 0 aliphatic heterocycles. The molecule has 1 heterocycles. The van der Waals surface area contributed by atoms with Crippen LogP contribution in [0.5, 0.6) is 0 Å². The highest BCUT2D eigenvalue weighted by Crippen LogP contribution is 2.39. The van der Waals surface area contributed by atoms with Crippen molar-refractivity contribution in [3.05, 3.63) is 65.0 Å². The van der Waals surface area contributed by atoms with Crippen molar-refractivity contribution in [3.63, 3.8) is 0 Å². The number of alkyl halides is 1. The van der Waals surface area contributed by atoms with Crippen molar-refractivity contribution in [2.45, 2.75) is 31.5 Å². The van der Waals surface area contributed by atoms with Gasteiger partial charge < -0.3 is 0 Å². The van der Waals surface area contributed by atoms with E-state index >= 15 is 0 Å². The van der Waals surface area contributed by atoms with Crippen molar-refractivity contribution in [2.75, 3.05) is 0 Å². The molecular formula is C16H18BrN. The molecule has 2 aromatic rings. The molecule has 0 N–H and O–H groups in total. The van der Waals surface area contributed by atoms with Crippen LogP contribution in [0.2, 0.25) is 0 Å². The number of aromatic nitrogens is 1. The summed E-state index contributed by atoms with van der Waals surface area (Å²) in [6.07, 6.45) is 1.86. The summed E-state index contributed by atoms with van der Waals surface area (Å²) in [7, 11) is 0. The third kappa shape index (κ3) is 2.64. The molecule has 0 bridgehead atoms. The Bertz CT molecular complexity index is 502. The summed E-state index contributed by atoms with van der Waals surface area (Å²) < 4.78 is 0. The maximum Gasteiger partial charge on any atom is 0.0481 e. The van der Waals surface area contributed by atoms with Gasteiger partial charge in [0.1, 0.15) is 0 Å². The Morgan fingerprint density at radius 2 is 1.67 bits per heavy atom. The zero-order chi connectivity index (χ0) is 13.1. The van der Waals surface area contributed by atoms with Gasteiger partial charge in [0.25, 0.3) is 0 Å². The Morgan fingerprint density at radius 3 is 2.22 bits per heavy atom. The van der Waals surface area contributed by atoms with Gasteiger partial charge in [0.05, 0.1) is 0 Å². The molecule has 0 amide bonds. The Hall–Kier alpha value is -1.15. The third-order valence-corrected chi connectivity index (χ3v) is 4.66. The van der Waals surface area contributed by atoms with Crippen molar-refractivity contribution in [1.29, 1.82) is 0 Å². The van der Waals surface area contributed by atoms with Crippen LogP contribution < -0.4 is 0 Å². The first-order valence-corrected chi connectivity index (χ1v) is 7.14. The summed E-state index contributed by atoms with van der Waals surface area (Å²) in [5.41, 5.74) is 5.18. The van der Waals surface area contributed by atoms with E-state index in [2.05, 4.69) is 66.0 Å². The van der Waals surface area contributed by atoms with Gasteiger partial charge in [0.15, 0.2) is 0 Å². The lowest BCUT2D eigenvalue weighted by Crippen LogP contribution is -2.07. The number of hydrogen-bond acceptors (Lipinski definition) is 1. The van der Waals surface area contributed by atoms with E-state index in [9.17, 15) is 0 Å². The van der Waals surface area contributed by atoms with Crippen molar-refractivity contribution < 1.29 is 0 Å². The fourth-order valence-corrected chi connectivity index (χ4v) is 3.30. The van der Waals surface area contributed by atoms with E-state index in [0.717, 1.165) is 5.69 Å². The zero-order valence-electron chi connectivity index (χ0n) is 11.0. The number of rotatable bonds is 3. The fraction of sp³-hybridized carbons (Fsp3) is 0.312. The number of nitrogens with zero attached hydrogens (tertiary/aromatic N) is 1.